The van der Waals surface area contributed by atoms with E-state index in [1.54, 1.807) is 12.1 Å². The van der Waals surface area contributed by atoms with Gasteiger partial charge in [-0.3, -0.25) is 4.90 Å². The Morgan fingerprint density at radius 3 is 2.69 bits per heavy atom. The molecule has 0 saturated carbocycles. The van der Waals surface area contributed by atoms with Gasteiger partial charge in [0.05, 0.1) is 18.2 Å². The fourth-order valence-electron chi connectivity index (χ4n) is 2.48. The fourth-order valence-corrected chi connectivity index (χ4v) is 2.48. The molecule has 6 nitrogen and oxygen atoms in total. The molecule has 0 aliphatic heterocycles. The molecule has 0 unspecified atom stereocenters. The number of halogens is 3. The van der Waals surface area contributed by atoms with Crippen LogP contribution in [0.4, 0.5) is 13.2 Å². The third-order valence-electron chi connectivity index (χ3n) is 4.06. The quantitative estimate of drug-likeness (QED) is 0.660. The Kier molecular flexibility index (Phi) is 5.08. The number of aromatic nitrogens is 3. The van der Waals surface area contributed by atoms with Gasteiger partial charge in [-0.25, -0.2) is 0 Å². The molecule has 0 aliphatic carbocycles. The van der Waals surface area contributed by atoms with Crippen molar-refractivity contribution in [2.24, 2.45) is 0 Å². The molecule has 0 radical (unpaired) electrons. The number of hydrogen-bond acceptors (Lipinski definition) is 6. The van der Waals surface area contributed by atoms with Gasteiger partial charge in [-0.1, -0.05) is 28.5 Å². The van der Waals surface area contributed by atoms with Crippen LogP contribution in [0.15, 0.2) is 45.6 Å². The van der Waals surface area contributed by atoms with Crippen LogP contribution in [0.2, 0.25) is 0 Å². The Balaban J connectivity index is 1.65. The molecule has 1 aromatic carbocycles. The van der Waals surface area contributed by atoms with Gasteiger partial charge in [-0.2, -0.15) is 18.2 Å². The molecule has 2 heterocycles. The minimum Gasteiger partial charge on any atom is -0.364 e. The summed E-state index contributed by atoms with van der Waals surface area (Å²) in [5, 5.41) is 7.74. The van der Waals surface area contributed by atoms with Gasteiger partial charge >= 0.3 is 6.18 Å². The molecule has 3 rings (SSSR count). The molecule has 3 aromatic rings. The molecule has 0 bridgehead atoms. The van der Waals surface area contributed by atoms with Crippen molar-refractivity contribution in [3.63, 3.8) is 0 Å². The summed E-state index contributed by atoms with van der Waals surface area (Å²) in [4.78, 5) is 6.20. The molecular weight excluding hydrogens is 349 g/mol. The second-order valence-electron chi connectivity index (χ2n) is 5.99. The predicted molar refractivity (Wildman–Crippen MR) is 84.9 cm³/mol. The summed E-state index contributed by atoms with van der Waals surface area (Å²) in [6.07, 6.45) is -2.71. The smallest absolute Gasteiger partial charge is 0.364 e. The highest BCUT2D eigenvalue weighted by Gasteiger charge is 2.30. The first kappa shape index (κ1) is 18.1. The molecule has 138 valence electrons. The van der Waals surface area contributed by atoms with E-state index in [9.17, 15) is 13.2 Å². The van der Waals surface area contributed by atoms with Crippen molar-refractivity contribution in [2.45, 2.75) is 32.1 Å². The van der Waals surface area contributed by atoms with Gasteiger partial charge < -0.3 is 9.05 Å². The van der Waals surface area contributed by atoms with Crippen molar-refractivity contribution < 1.29 is 22.2 Å². The summed E-state index contributed by atoms with van der Waals surface area (Å²) in [5.74, 6) is 0.714. The van der Waals surface area contributed by atoms with Gasteiger partial charge in [0.1, 0.15) is 12.0 Å². The van der Waals surface area contributed by atoms with Crippen LogP contribution in [-0.4, -0.2) is 27.2 Å². The summed E-state index contributed by atoms with van der Waals surface area (Å²) >= 11 is 0. The minimum absolute atomic E-state index is 0.0208. The normalized spacial score (nSPS) is 13.3. The second kappa shape index (κ2) is 7.28. The highest BCUT2D eigenvalue weighted by molar-refractivity contribution is 5.27. The second-order valence-corrected chi connectivity index (χ2v) is 5.99. The average molecular weight is 366 g/mol. The molecule has 0 fully saturated rings. The Morgan fingerprint density at radius 2 is 2.00 bits per heavy atom. The van der Waals surface area contributed by atoms with Crippen molar-refractivity contribution in [2.75, 3.05) is 7.05 Å². The van der Waals surface area contributed by atoms with Crippen molar-refractivity contribution in [1.29, 1.82) is 0 Å². The number of benzene rings is 1. The van der Waals surface area contributed by atoms with E-state index in [0.717, 1.165) is 17.8 Å². The van der Waals surface area contributed by atoms with Crippen molar-refractivity contribution in [3.8, 4) is 0 Å². The van der Waals surface area contributed by atoms with Crippen LogP contribution in [0.5, 0.6) is 0 Å². The van der Waals surface area contributed by atoms with Crippen LogP contribution in [-0.2, 0) is 19.1 Å². The van der Waals surface area contributed by atoms with E-state index in [2.05, 4.69) is 15.3 Å². The molecular formula is C17H17F3N4O2. The lowest BCUT2D eigenvalue weighted by atomic mass is 10.1. The molecule has 9 heteroatoms. The van der Waals surface area contributed by atoms with Gasteiger partial charge in [0, 0.05) is 12.5 Å². The van der Waals surface area contributed by atoms with Crippen LogP contribution >= 0.6 is 0 Å². The summed E-state index contributed by atoms with van der Waals surface area (Å²) < 4.78 is 48.4. The Labute approximate surface area is 147 Å². The van der Waals surface area contributed by atoms with E-state index in [4.69, 9.17) is 9.05 Å². The Bertz CT molecular complexity index is 846. The SMILES string of the molecule is C[C@H](c1ccon1)N(C)Cc1nc(Cc2cccc(C(F)(F)F)c2)no1. The Morgan fingerprint density at radius 1 is 1.19 bits per heavy atom. The van der Waals surface area contributed by atoms with Crippen LogP contribution in [0, 0.1) is 0 Å². The van der Waals surface area contributed by atoms with Crippen molar-refractivity contribution in [3.05, 3.63) is 65.1 Å². The van der Waals surface area contributed by atoms with Gasteiger partial charge in [0.2, 0.25) is 5.89 Å². The van der Waals surface area contributed by atoms with Crippen molar-refractivity contribution in [1.82, 2.24) is 20.2 Å². The topological polar surface area (TPSA) is 68.2 Å². The standard InChI is InChI=1S/C17H17F3N4O2/c1-11(14-6-7-25-22-14)24(2)10-16-21-15(23-26-16)9-12-4-3-5-13(8-12)17(18,19)20/h3-8,11H,9-10H2,1-2H3/t11-/m1/s1. The molecule has 1 atom stereocenters. The number of nitrogens with zero attached hydrogens (tertiary/aromatic N) is 4. The van der Waals surface area contributed by atoms with E-state index in [0.29, 0.717) is 23.8 Å². The first-order valence-electron chi connectivity index (χ1n) is 7.91. The zero-order valence-corrected chi connectivity index (χ0v) is 14.2. The lowest BCUT2D eigenvalue weighted by Gasteiger charge is -2.20. The van der Waals surface area contributed by atoms with Gasteiger partial charge in [0.15, 0.2) is 5.82 Å². The molecule has 2 aromatic heterocycles. The summed E-state index contributed by atoms with van der Waals surface area (Å²) in [6.45, 7) is 2.33. The van der Waals surface area contributed by atoms with Gasteiger partial charge in [-0.05, 0) is 25.6 Å². The zero-order valence-electron chi connectivity index (χ0n) is 14.2. The number of rotatable bonds is 6. The highest BCUT2D eigenvalue weighted by atomic mass is 19.4. The van der Waals surface area contributed by atoms with Crippen LogP contribution < -0.4 is 0 Å². The van der Waals surface area contributed by atoms with Crippen LogP contribution in [0.25, 0.3) is 0 Å². The molecule has 0 saturated heterocycles. The van der Waals surface area contributed by atoms with Crippen molar-refractivity contribution >= 4 is 0 Å². The van der Waals surface area contributed by atoms with Gasteiger partial charge in [0.25, 0.3) is 0 Å². The number of alkyl halides is 3. The van der Waals surface area contributed by atoms with E-state index in [-0.39, 0.29) is 12.5 Å². The molecule has 0 spiro atoms. The molecule has 26 heavy (non-hydrogen) atoms. The maximum absolute atomic E-state index is 12.8. The monoisotopic (exact) mass is 366 g/mol. The van der Waals surface area contributed by atoms with E-state index in [1.807, 2.05) is 18.9 Å². The third kappa shape index (κ3) is 4.29. The average Bonchev–Trinajstić information content (AvgIpc) is 3.26. The zero-order chi connectivity index (χ0) is 18.7. The largest absolute Gasteiger partial charge is 0.416 e. The molecule has 0 aliphatic rings. The minimum atomic E-state index is -4.38. The van der Waals surface area contributed by atoms with Crippen LogP contribution in [0.3, 0.4) is 0 Å². The van der Waals surface area contributed by atoms with Crippen LogP contribution in [0.1, 0.15) is 41.5 Å². The third-order valence-corrected chi connectivity index (χ3v) is 4.06. The van der Waals surface area contributed by atoms with E-state index in [1.165, 1.54) is 12.3 Å². The summed E-state index contributed by atoms with van der Waals surface area (Å²) in [6, 6.07) is 6.85. The molecule has 0 N–H and O–H groups in total. The first-order chi connectivity index (χ1) is 12.3. The highest BCUT2D eigenvalue weighted by Crippen LogP contribution is 2.29. The predicted octanol–water partition coefficient (Wildman–Crippen LogP) is 3.86. The maximum atomic E-state index is 12.8. The lowest BCUT2D eigenvalue weighted by Crippen LogP contribution is -2.22. The Hall–Kier alpha value is -2.68. The first-order valence-corrected chi connectivity index (χ1v) is 7.91. The van der Waals surface area contributed by atoms with E-state index < -0.39 is 11.7 Å². The lowest BCUT2D eigenvalue weighted by molar-refractivity contribution is -0.137. The number of hydrogen-bond donors (Lipinski definition) is 0. The molecule has 0 amide bonds. The summed E-state index contributed by atoms with van der Waals surface area (Å²) in [5.41, 5.74) is 0.549. The van der Waals surface area contributed by atoms with Gasteiger partial charge in [-0.15, -0.1) is 0 Å². The fraction of sp³-hybridized carbons (Fsp3) is 0.353. The maximum Gasteiger partial charge on any atom is 0.416 e. The van der Waals surface area contributed by atoms with E-state index >= 15 is 0 Å². The summed E-state index contributed by atoms with van der Waals surface area (Å²) in [7, 11) is 1.87.